The van der Waals surface area contributed by atoms with Gasteiger partial charge >= 0.3 is 0 Å². The molecule has 0 unspecified atom stereocenters. The minimum Gasteiger partial charge on any atom is -0.496 e. The summed E-state index contributed by atoms with van der Waals surface area (Å²) in [6.45, 7) is 1.99. The number of benzene rings is 2. The Balaban J connectivity index is 1.78. The molecule has 1 heterocycles. The molecule has 3 aromatic rings. The Hall–Kier alpha value is -2.66. The molecular formula is C18H16N2O2S. The lowest BCUT2D eigenvalue weighted by molar-refractivity contribution is 0.102. The van der Waals surface area contributed by atoms with Gasteiger partial charge in [0.05, 0.1) is 12.8 Å². The molecule has 0 atom stereocenters. The predicted octanol–water partition coefficient (Wildman–Crippen LogP) is 4.38. The number of nitrogens with zero attached hydrogens (tertiary/aromatic N) is 1. The number of hydrogen-bond acceptors (Lipinski definition) is 4. The zero-order valence-corrected chi connectivity index (χ0v) is 13.7. The summed E-state index contributed by atoms with van der Waals surface area (Å²) in [5, 5.41) is 5.35. The molecule has 0 aliphatic carbocycles. The number of thiazole rings is 1. The summed E-state index contributed by atoms with van der Waals surface area (Å²) in [6.07, 6.45) is 0. The number of carbonyl (C=O) groups excluding carboxylic acids is 1. The van der Waals surface area contributed by atoms with E-state index in [4.69, 9.17) is 4.74 Å². The van der Waals surface area contributed by atoms with Gasteiger partial charge in [0.1, 0.15) is 5.75 Å². The molecule has 0 saturated heterocycles. The first-order valence-electron chi connectivity index (χ1n) is 7.14. The molecule has 0 fully saturated rings. The summed E-state index contributed by atoms with van der Waals surface area (Å²) in [5.41, 5.74) is 3.50. The summed E-state index contributed by atoms with van der Waals surface area (Å²) in [7, 11) is 1.65. The van der Waals surface area contributed by atoms with Gasteiger partial charge in [0, 0.05) is 16.5 Å². The molecule has 0 spiro atoms. The average Bonchev–Trinajstić information content (AvgIpc) is 3.04. The van der Waals surface area contributed by atoms with E-state index < -0.39 is 0 Å². The lowest BCUT2D eigenvalue weighted by Crippen LogP contribution is -2.11. The van der Waals surface area contributed by atoms with Crippen LogP contribution in [0.25, 0.3) is 11.3 Å². The van der Waals surface area contributed by atoms with E-state index in [2.05, 4.69) is 10.3 Å². The van der Waals surface area contributed by atoms with Crippen LogP contribution < -0.4 is 10.1 Å². The Labute approximate surface area is 138 Å². The minimum atomic E-state index is -0.155. The summed E-state index contributed by atoms with van der Waals surface area (Å²) >= 11 is 1.41. The van der Waals surface area contributed by atoms with Crippen molar-refractivity contribution in [3.63, 3.8) is 0 Å². The zero-order valence-electron chi connectivity index (χ0n) is 12.9. The van der Waals surface area contributed by atoms with Gasteiger partial charge in [0.2, 0.25) is 0 Å². The highest BCUT2D eigenvalue weighted by Crippen LogP contribution is 2.28. The Morgan fingerprint density at radius 3 is 2.65 bits per heavy atom. The van der Waals surface area contributed by atoms with Crippen LogP contribution in [0.1, 0.15) is 15.9 Å². The smallest absolute Gasteiger partial charge is 0.257 e. The first-order valence-corrected chi connectivity index (χ1v) is 8.02. The van der Waals surface area contributed by atoms with Crippen molar-refractivity contribution in [1.82, 2.24) is 4.98 Å². The fourth-order valence-electron chi connectivity index (χ4n) is 2.26. The van der Waals surface area contributed by atoms with Crippen LogP contribution in [0.3, 0.4) is 0 Å². The number of methoxy groups -OCH3 is 1. The van der Waals surface area contributed by atoms with Gasteiger partial charge < -0.3 is 4.74 Å². The standard InChI is InChI=1S/C18H16N2O2S/c1-12-10-14(8-9-16(12)22-2)15-11-23-18(19-15)20-17(21)13-6-4-3-5-7-13/h3-11H,1-2H3,(H,19,20,21). The van der Waals surface area contributed by atoms with Crippen molar-refractivity contribution in [3.05, 3.63) is 65.0 Å². The van der Waals surface area contributed by atoms with E-state index in [9.17, 15) is 4.79 Å². The quantitative estimate of drug-likeness (QED) is 0.775. The molecule has 0 aliphatic rings. The molecule has 1 amide bonds. The van der Waals surface area contributed by atoms with E-state index in [1.807, 2.05) is 48.7 Å². The monoisotopic (exact) mass is 324 g/mol. The van der Waals surface area contributed by atoms with Gasteiger partial charge in [-0.15, -0.1) is 11.3 Å². The van der Waals surface area contributed by atoms with Gasteiger partial charge in [-0.25, -0.2) is 4.98 Å². The fourth-order valence-corrected chi connectivity index (χ4v) is 2.98. The lowest BCUT2D eigenvalue weighted by atomic mass is 10.1. The van der Waals surface area contributed by atoms with Crippen LogP contribution in [0.4, 0.5) is 5.13 Å². The Morgan fingerprint density at radius 1 is 1.17 bits per heavy atom. The summed E-state index contributed by atoms with van der Waals surface area (Å²) < 4.78 is 5.27. The van der Waals surface area contributed by atoms with Crippen LogP contribution in [0.15, 0.2) is 53.9 Å². The van der Waals surface area contributed by atoms with Gasteiger partial charge in [-0.1, -0.05) is 18.2 Å². The van der Waals surface area contributed by atoms with Crippen molar-refractivity contribution in [3.8, 4) is 17.0 Å². The lowest BCUT2D eigenvalue weighted by Gasteiger charge is -2.05. The second-order valence-corrected chi connectivity index (χ2v) is 5.90. The number of aromatic nitrogens is 1. The highest BCUT2D eigenvalue weighted by atomic mass is 32.1. The molecule has 0 radical (unpaired) electrons. The number of hydrogen-bond donors (Lipinski definition) is 1. The predicted molar refractivity (Wildman–Crippen MR) is 93.2 cm³/mol. The zero-order chi connectivity index (χ0) is 16.2. The van der Waals surface area contributed by atoms with Gasteiger partial charge in [-0.3, -0.25) is 10.1 Å². The second-order valence-electron chi connectivity index (χ2n) is 5.04. The summed E-state index contributed by atoms with van der Waals surface area (Å²) in [6, 6.07) is 15.0. The summed E-state index contributed by atoms with van der Waals surface area (Å²) in [4.78, 5) is 16.6. The molecule has 1 aromatic heterocycles. The van der Waals surface area contributed by atoms with Crippen molar-refractivity contribution in [2.24, 2.45) is 0 Å². The number of carbonyl (C=O) groups is 1. The van der Waals surface area contributed by atoms with Crippen molar-refractivity contribution in [2.75, 3.05) is 12.4 Å². The molecular weight excluding hydrogens is 308 g/mol. The van der Waals surface area contributed by atoms with Crippen LogP contribution in [0.2, 0.25) is 0 Å². The third-order valence-corrected chi connectivity index (χ3v) is 4.21. The number of ether oxygens (including phenoxy) is 1. The number of nitrogens with one attached hydrogen (secondary N) is 1. The van der Waals surface area contributed by atoms with E-state index in [0.29, 0.717) is 10.7 Å². The normalized spacial score (nSPS) is 10.3. The van der Waals surface area contributed by atoms with Gasteiger partial charge in [0.25, 0.3) is 5.91 Å². The van der Waals surface area contributed by atoms with Gasteiger partial charge in [-0.05, 0) is 42.8 Å². The molecule has 0 bridgehead atoms. The number of amides is 1. The average molecular weight is 324 g/mol. The summed E-state index contributed by atoms with van der Waals surface area (Å²) in [5.74, 6) is 0.694. The van der Waals surface area contributed by atoms with Crippen LogP contribution >= 0.6 is 11.3 Å². The van der Waals surface area contributed by atoms with Crippen molar-refractivity contribution < 1.29 is 9.53 Å². The largest absolute Gasteiger partial charge is 0.496 e. The minimum absolute atomic E-state index is 0.155. The number of aryl methyl sites for hydroxylation is 1. The van der Waals surface area contributed by atoms with Crippen LogP contribution in [-0.2, 0) is 0 Å². The van der Waals surface area contributed by atoms with Crippen LogP contribution in [0.5, 0.6) is 5.75 Å². The maximum Gasteiger partial charge on any atom is 0.257 e. The molecule has 4 nitrogen and oxygen atoms in total. The molecule has 2 aromatic carbocycles. The highest BCUT2D eigenvalue weighted by Gasteiger charge is 2.10. The SMILES string of the molecule is COc1ccc(-c2csc(NC(=O)c3ccccc3)n2)cc1C. The van der Waals surface area contributed by atoms with Crippen molar-refractivity contribution in [2.45, 2.75) is 6.92 Å². The molecule has 0 aliphatic heterocycles. The Morgan fingerprint density at radius 2 is 1.96 bits per heavy atom. The Kier molecular flexibility index (Phi) is 4.39. The van der Waals surface area contributed by atoms with E-state index in [-0.39, 0.29) is 5.91 Å². The van der Waals surface area contributed by atoms with Gasteiger partial charge in [-0.2, -0.15) is 0 Å². The van der Waals surface area contributed by atoms with Crippen molar-refractivity contribution in [1.29, 1.82) is 0 Å². The second kappa shape index (κ2) is 6.62. The maximum atomic E-state index is 12.1. The number of rotatable bonds is 4. The molecule has 23 heavy (non-hydrogen) atoms. The first-order chi connectivity index (χ1) is 11.2. The van der Waals surface area contributed by atoms with E-state index in [1.165, 1.54) is 11.3 Å². The first kappa shape index (κ1) is 15.2. The number of anilines is 1. The topological polar surface area (TPSA) is 51.2 Å². The third-order valence-electron chi connectivity index (χ3n) is 3.45. The molecule has 0 saturated carbocycles. The van der Waals surface area contributed by atoms with E-state index in [1.54, 1.807) is 19.2 Å². The van der Waals surface area contributed by atoms with Crippen molar-refractivity contribution >= 4 is 22.4 Å². The molecule has 5 heteroatoms. The van der Waals surface area contributed by atoms with Gasteiger partial charge in [0.15, 0.2) is 5.13 Å². The maximum absolute atomic E-state index is 12.1. The Bertz CT molecular complexity index is 828. The van der Waals surface area contributed by atoms with E-state index in [0.717, 1.165) is 22.6 Å². The van der Waals surface area contributed by atoms with Crippen LogP contribution in [0, 0.1) is 6.92 Å². The van der Waals surface area contributed by atoms with E-state index >= 15 is 0 Å². The molecule has 3 rings (SSSR count). The molecule has 116 valence electrons. The molecule has 1 N–H and O–H groups in total. The van der Waals surface area contributed by atoms with Crippen LogP contribution in [-0.4, -0.2) is 18.0 Å². The third kappa shape index (κ3) is 3.40. The highest BCUT2D eigenvalue weighted by molar-refractivity contribution is 7.14. The fraction of sp³-hybridized carbons (Fsp3) is 0.111.